The summed E-state index contributed by atoms with van der Waals surface area (Å²) >= 11 is 0. The number of nitrogens with one attached hydrogen (secondary N) is 4. The first-order valence-electron chi connectivity index (χ1n) is 13.1. The average Bonchev–Trinajstić information content (AvgIpc) is 2.85. The number of carbonyl (C=O) groups is 4. The zero-order chi connectivity index (χ0) is 30.3. The molecule has 0 saturated heterocycles. The highest BCUT2D eigenvalue weighted by atomic mass is 16.5. The van der Waals surface area contributed by atoms with E-state index in [2.05, 4.69) is 89.1 Å². The summed E-state index contributed by atoms with van der Waals surface area (Å²) in [5.74, 6) is -1.32. The molecule has 4 amide bonds. The maximum Gasteiger partial charge on any atom is 0.243 e. The van der Waals surface area contributed by atoms with Crippen molar-refractivity contribution in [2.75, 3.05) is 39.4 Å². The Balaban J connectivity index is 6.29. The van der Waals surface area contributed by atoms with E-state index < -0.39 is 10.8 Å². The molecule has 0 aromatic heterocycles. The van der Waals surface area contributed by atoms with E-state index in [0.717, 1.165) is 0 Å². The lowest BCUT2D eigenvalue weighted by atomic mass is 9.72. The molecule has 0 saturated carbocycles. The number of carbonyl (C=O) groups excluding carboxylic acids is 4. The van der Waals surface area contributed by atoms with E-state index in [1.807, 2.05) is 0 Å². The van der Waals surface area contributed by atoms with Gasteiger partial charge in [0, 0.05) is 37.0 Å². The third-order valence-corrected chi connectivity index (χ3v) is 5.92. The van der Waals surface area contributed by atoms with Crippen molar-refractivity contribution in [1.82, 2.24) is 21.3 Å². The molecule has 220 valence electrons. The van der Waals surface area contributed by atoms with Crippen molar-refractivity contribution < 1.29 is 23.9 Å². The summed E-state index contributed by atoms with van der Waals surface area (Å²) in [6.45, 7) is 27.9. The van der Waals surface area contributed by atoms with Crippen molar-refractivity contribution in [2.45, 2.75) is 54.4 Å². The highest BCUT2D eigenvalue weighted by Gasteiger charge is 2.39. The molecule has 0 aromatic rings. The Morgan fingerprint density at radius 1 is 0.538 bits per heavy atom. The second-order valence-corrected chi connectivity index (χ2v) is 12.7. The topological polar surface area (TPSA) is 126 Å². The maximum atomic E-state index is 12.1. The second-order valence-electron chi connectivity index (χ2n) is 12.7. The van der Waals surface area contributed by atoms with Crippen LogP contribution in [0.25, 0.3) is 0 Å². The molecule has 4 N–H and O–H groups in total. The number of amides is 4. The Kier molecular flexibility index (Phi) is 14.7. The molecule has 0 fully saturated rings. The van der Waals surface area contributed by atoms with E-state index in [-0.39, 0.29) is 73.9 Å². The minimum absolute atomic E-state index is 0.167. The molecule has 0 aromatic carbocycles. The molecule has 0 aliphatic rings. The average molecular weight is 547 g/mol. The first-order chi connectivity index (χ1) is 17.9. The van der Waals surface area contributed by atoms with Crippen LogP contribution in [0.15, 0.2) is 50.6 Å². The predicted octanol–water partition coefficient (Wildman–Crippen LogP) is 3.06. The molecule has 9 nitrogen and oxygen atoms in total. The van der Waals surface area contributed by atoms with E-state index >= 15 is 0 Å². The van der Waals surface area contributed by atoms with Gasteiger partial charge in [-0.2, -0.15) is 0 Å². The maximum absolute atomic E-state index is 12.1. The summed E-state index contributed by atoms with van der Waals surface area (Å²) in [4.78, 5) is 48.4. The molecular formula is C30H50N4O5. The van der Waals surface area contributed by atoms with E-state index in [9.17, 15) is 19.2 Å². The molecule has 0 aliphatic heterocycles. The van der Waals surface area contributed by atoms with Gasteiger partial charge < -0.3 is 26.0 Å². The van der Waals surface area contributed by atoms with Crippen LogP contribution in [0.1, 0.15) is 54.4 Å². The van der Waals surface area contributed by atoms with Crippen LogP contribution < -0.4 is 21.3 Å². The van der Waals surface area contributed by atoms with Crippen LogP contribution in [0.2, 0.25) is 0 Å². The Morgan fingerprint density at radius 3 is 0.949 bits per heavy atom. The fourth-order valence-corrected chi connectivity index (χ4v) is 4.80. The van der Waals surface area contributed by atoms with Crippen LogP contribution in [-0.2, 0) is 23.9 Å². The quantitative estimate of drug-likeness (QED) is 0.197. The number of ether oxygens (including phenoxy) is 1. The SMILES string of the molecule is C=CC(=O)NCC(CNC(=O)C=C)(COCC(CNC(=O)C=C)(CNC(=O)C=C)CC(C)(C)C)CC(C)(C)C. The summed E-state index contributed by atoms with van der Waals surface area (Å²) in [6, 6.07) is 0. The molecule has 0 aliphatic carbocycles. The molecule has 0 heterocycles. The van der Waals surface area contributed by atoms with Gasteiger partial charge in [-0.25, -0.2) is 0 Å². The van der Waals surface area contributed by atoms with Crippen LogP contribution in [-0.4, -0.2) is 63.0 Å². The van der Waals surface area contributed by atoms with Crippen molar-refractivity contribution in [3.63, 3.8) is 0 Å². The molecule has 9 heteroatoms. The van der Waals surface area contributed by atoms with Gasteiger partial charge in [0.1, 0.15) is 0 Å². The van der Waals surface area contributed by atoms with Gasteiger partial charge >= 0.3 is 0 Å². The molecular weight excluding hydrogens is 496 g/mol. The Morgan fingerprint density at radius 2 is 0.769 bits per heavy atom. The van der Waals surface area contributed by atoms with Crippen LogP contribution in [0.5, 0.6) is 0 Å². The van der Waals surface area contributed by atoms with E-state index in [1.54, 1.807) is 0 Å². The first-order valence-corrected chi connectivity index (χ1v) is 13.1. The van der Waals surface area contributed by atoms with Crippen LogP contribution >= 0.6 is 0 Å². The summed E-state index contributed by atoms with van der Waals surface area (Å²) in [5, 5.41) is 11.5. The number of rotatable bonds is 18. The van der Waals surface area contributed by atoms with Gasteiger partial charge in [0.2, 0.25) is 23.6 Å². The Labute approximate surface area is 235 Å². The third-order valence-electron chi connectivity index (χ3n) is 5.92. The zero-order valence-corrected chi connectivity index (χ0v) is 24.8. The van der Waals surface area contributed by atoms with Crippen LogP contribution in [0.4, 0.5) is 0 Å². The van der Waals surface area contributed by atoms with Gasteiger partial charge in [-0.05, 0) is 48.0 Å². The standard InChI is InChI=1S/C30H50N4O5/c1-11-23(35)31-17-29(15-27(5,6)7,18-32-24(36)12-2)21-39-22-30(16-28(8,9)10,19-33-25(37)13-3)20-34-26(38)14-4/h11-14H,1-4,15-22H2,5-10H3,(H,31,35)(H,32,36)(H,33,37)(H,34,38). The van der Waals surface area contributed by atoms with E-state index in [4.69, 9.17) is 4.74 Å². The van der Waals surface area contributed by atoms with Gasteiger partial charge in [-0.3, -0.25) is 19.2 Å². The lowest BCUT2D eigenvalue weighted by Crippen LogP contribution is -2.52. The minimum Gasteiger partial charge on any atom is -0.380 e. The highest BCUT2D eigenvalue weighted by Crippen LogP contribution is 2.37. The summed E-state index contributed by atoms with van der Waals surface area (Å²) in [5.41, 5.74) is -1.67. The minimum atomic E-state index is -0.669. The zero-order valence-electron chi connectivity index (χ0n) is 24.8. The van der Waals surface area contributed by atoms with Crippen LogP contribution in [0.3, 0.4) is 0 Å². The van der Waals surface area contributed by atoms with Crippen LogP contribution in [0, 0.1) is 21.7 Å². The molecule has 0 unspecified atom stereocenters. The van der Waals surface area contributed by atoms with E-state index in [0.29, 0.717) is 12.8 Å². The van der Waals surface area contributed by atoms with Crippen molar-refractivity contribution in [3.05, 3.63) is 50.6 Å². The third kappa shape index (κ3) is 15.7. The Bertz CT molecular complexity index is 776. The van der Waals surface area contributed by atoms with Gasteiger partial charge in [-0.1, -0.05) is 67.9 Å². The normalized spacial score (nSPS) is 12.1. The van der Waals surface area contributed by atoms with Gasteiger partial charge in [0.25, 0.3) is 0 Å². The van der Waals surface area contributed by atoms with E-state index in [1.165, 1.54) is 24.3 Å². The fourth-order valence-electron chi connectivity index (χ4n) is 4.80. The monoisotopic (exact) mass is 546 g/mol. The lowest BCUT2D eigenvalue weighted by Gasteiger charge is -2.42. The molecule has 39 heavy (non-hydrogen) atoms. The lowest BCUT2D eigenvalue weighted by molar-refractivity contribution is -0.118. The number of hydrogen-bond acceptors (Lipinski definition) is 5. The van der Waals surface area contributed by atoms with Gasteiger partial charge in [0.15, 0.2) is 0 Å². The van der Waals surface area contributed by atoms with Crippen molar-refractivity contribution >= 4 is 23.6 Å². The molecule has 0 spiro atoms. The Hall–Kier alpha value is -3.20. The number of hydrogen-bond donors (Lipinski definition) is 4. The summed E-state index contributed by atoms with van der Waals surface area (Å²) in [7, 11) is 0. The first kappa shape index (κ1) is 35.8. The highest BCUT2D eigenvalue weighted by molar-refractivity contribution is 5.88. The van der Waals surface area contributed by atoms with Crippen molar-refractivity contribution in [1.29, 1.82) is 0 Å². The molecule has 0 radical (unpaired) electrons. The predicted molar refractivity (Wildman–Crippen MR) is 157 cm³/mol. The molecule has 0 atom stereocenters. The van der Waals surface area contributed by atoms with Crippen molar-refractivity contribution in [3.8, 4) is 0 Å². The molecule has 0 rings (SSSR count). The summed E-state index contributed by atoms with van der Waals surface area (Å²) < 4.78 is 6.41. The smallest absolute Gasteiger partial charge is 0.243 e. The van der Waals surface area contributed by atoms with Gasteiger partial charge in [-0.15, -0.1) is 0 Å². The van der Waals surface area contributed by atoms with Gasteiger partial charge in [0.05, 0.1) is 13.2 Å². The summed E-state index contributed by atoms with van der Waals surface area (Å²) in [6.07, 6.45) is 6.02. The molecule has 0 bridgehead atoms. The fraction of sp³-hybridized carbons (Fsp3) is 0.600. The second kappa shape index (κ2) is 16.0. The van der Waals surface area contributed by atoms with Crippen molar-refractivity contribution in [2.24, 2.45) is 21.7 Å². The largest absolute Gasteiger partial charge is 0.380 e.